The Kier molecular flexibility index (Phi) is 11.9. The lowest BCUT2D eigenvalue weighted by Gasteiger charge is -2.32. The van der Waals surface area contributed by atoms with Crippen LogP contribution >= 0.6 is 24.0 Å². The van der Waals surface area contributed by atoms with E-state index in [1.165, 1.54) is 6.07 Å². The molecule has 3 rings (SSSR count). The van der Waals surface area contributed by atoms with Crippen LogP contribution in [0, 0.1) is 0 Å². The zero-order valence-electron chi connectivity index (χ0n) is 21.2. The number of benzene rings is 3. The molecular weight excluding hydrogens is 538 g/mol. The molecule has 206 valence electrons. The van der Waals surface area contributed by atoms with Crippen LogP contribution in [-0.4, -0.2) is 35.2 Å². The molecule has 0 aromatic heterocycles. The Morgan fingerprint density at radius 3 is 2.37 bits per heavy atom. The highest BCUT2D eigenvalue weighted by molar-refractivity contribution is 6.32. The number of hydrogen-bond acceptors (Lipinski definition) is 3. The molecule has 0 bridgehead atoms. The third kappa shape index (κ3) is 9.22. The van der Waals surface area contributed by atoms with Crippen LogP contribution in [0.2, 0.25) is 5.02 Å². The Morgan fingerprint density at radius 1 is 1.03 bits per heavy atom. The molecule has 0 aliphatic heterocycles. The molecule has 3 aromatic rings. The molecule has 38 heavy (non-hydrogen) atoms. The smallest absolute Gasteiger partial charge is 0.417 e. The lowest BCUT2D eigenvalue weighted by Crippen LogP contribution is -2.36. The third-order valence-corrected chi connectivity index (χ3v) is 6.76. The monoisotopic (exact) mass is 569 g/mol. The highest BCUT2D eigenvalue weighted by Crippen LogP contribution is 2.37. The Balaban J connectivity index is 0.00000507. The topological polar surface area (TPSA) is 49.8 Å². The molecule has 0 spiro atoms. The van der Waals surface area contributed by atoms with E-state index < -0.39 is 17.7 Å². The average Bonchev–Trinajstić information content (AvgIpc) is 2.84. The van der Waals surface area contributed by atoms with Crippen molar-refractivity contribution in [1.82, 2.24) is 4.90 Å². The number of halogens is 5. The summed E-state index contributed by atoms with van der Waals surface area (Å²) in [6, 6.07) is 20.9. The molecule has 0 saturated heterocycles. The van der Waals surface area contributed by atoms with Crippen LogP contribution in [0.25, 0.3) is 0 Å². The first-order chi connectivity index (χ1) is 17.5. The van der Waals surface area contributed by atoms with Crippen LogP contribution < -0.4 is 4.74 Å². The molecule has 0 heterocycles. The fourth-order valence-electron chi connectivity index (χ4n) is 4.23. The molecule has 2 atom stereocenters. The zero-order valence-corrected chi connectivity index (χ0v) is 22.8. The second-order valence-corrected chi connectivity index (χ2v) is 9.60. The molecule has 0 radical (unpaired) electrons. The van der Waals surface area contributed by atoms with Crippen molar-refractivity contribution in [3.8, 4) is 5.75 Å². The van der Waals surface area contributed by atoms with Gasteiger partial charge in [0, 0.05) is 19.1 Å². The van der Waals surface area contributed by atoms with E-state index in [0.717, 1.165) is 11.6 Å². The summed E-state index contributed by atoms with van der Waals surface area (Å²) in [4.78, 5) is 13.1. The molecule has 0 aliphatic rings. The molecule has 1 N–H and O–H groups in total. The molecule has 0 aliphatic carbocycles. The number of carbonyl (C=O) groups is 1. The molecule has 0 amide bonds. The SMILES string of the molecule is C[C@H](CN(Cc1cccc(C(F)(F)F)c1Cl)[C@@H](C)CCOc1cccc(CC(=O)O)c1)c1ccccc1.Cl. The van der Waals surface area contributed by atoms with E-state index >= 15 is 0 Å². The van der Waals surface area contributed by atoms with E-state index in [1.807, 2.05) is 37.3 Å². The standard InChI is InChI=1S/C29H31ClF3NO3.ClH/c1-20(23-9-4-3-5-10-23)18-34(19-24-11-7-13-26(28(24)30)29(31,32)33)21(2)14-15-37-25-12-6-8-22(16-25)17-27(35)36;/h3-13,16,20-21H,14-15,17-19H2,1-2H3,(H,35,36);1H/t20-,21+;/m1./s1. The number of carboxylic acid groups (broad SMARTS) is 1. The van der Waals surface area contributed by atoms with Gasteiger partial charge in [0.1, 0.15) is 5.75 Å². The van der Waals surface area contributed by atoms with Crippen LogP contribution in [0.5, 0.6) is 5.75 Å². The number of rotatable bonds is 12. The van der Waals surface area contributed by atoms with E-state index in [9.17, 15) is 18.0 Å². The molecule has 0 unspecified atom stereocenters. The summed E-state index contributed by atoms with van der Waals surface area (Å²) in [7, 11) is 0. The second-order valence-electron chi connectivity index (χ2n) is 9.22. The van der Waals surface area contributed by atoms with E-state index in [4.69, 9.17) is 21.4 Å². The predicted molar refractivity (Wildman–Crippen MR) is 146 cm³/mol. The van der Waals surface area contributed by atoms with Crippen molar-refractivity contribution in [3.63, 3.8) is 0 Å². The normalized spacial score (nSPS) is 13.0. The molecule has 4 nitrogen and oxygen atoms in total. The Morgan fingerprint density at radius 2 is 1.71 bits per heavy atom. The van der Waals surface area contributed by atoms with Crippen molar-refractivity contribution in [2.24, 2.45) is 0 Å². The van der Waals surface area contributed by atoms with Gasteiger partial charge in [0.05, 0.1) is 23.6 Å². The highest BCUT2D eigenvalue weighted by Gasteiger charge is 2.34. The number of hydrogen-bond donors (Lipinski definition) is 1. The molecule has 0 saturated carbocycles. The van der Waals surface area contributed by atoms with E-state index in [-0.39, 0.29) is 42.4 Å². The maximum atomic E-state index is 13.4. The summed E-state index contributed by atoms with van der Waals surface area (Å²) in [6.45, 7) is 5.35. The minimum atomic E-state index is -4.52. The Hall–Kier alpha value is -2.74. The van der Waals surface area contributed by atoms with Crippen LogP contribution in [0.15, 0.2) is 72.8 Å². The molecule has 0 fully saturated rings. The van der Waals surface area contributed by atoms with Gasteiger partial charge in [0.2, 0.25) is 0 Å². The first-order valence-corrected chi connectivity index (χ1v) is 12.5. The Labute approximate surface area is 232 Å². The number of aliphatic carboxylic acids is 1. The van der Waals surface area contributed by atoms with Crippen molar-refractivity contribution < 1.29 is 27.8 Å². The fourth-order valence-corrected chi connectivity index (χ4v) is 4.52. The zero-order chi connectivity index (χ0) is 27.0. The number of carboxylic acids is 1. The summed E-state index contributed by atoms with van der Waals surface area (Å²) in [5, 5.41) is 8.73. The van der Waals surface area contributed by atoms with Gasteiger partial charge in [-0.15, -0.1) is 12.4 Å². The minimum Gasteiger partial charge on any atom is -0.494 e. The summed E-state index contributed by atoms with van der Waals surface area (Å²) in [6.07, 6.45) is -4.00. The number of nitrogens with zero attached hydrogens (tertiary/aromatic N) is 1. The van der Waals surface area contributed by atoms with Gasteiger partial charge in [-0.3, -0.25) is 9.69 Å². The average molecular weight is 570 g/mol. The van der Waals surface area contributed by atoms with Gasteiger partial charge in [-0.25, -0.2) is 0 Å². The van der Waals surface area contributed by atoms with Gasteiger partial charge in [0.15, 0.2) is 0 Å². The van der Waals surface area contributed by atoms with Gasteiger partial charge in [-0.1, -0.05) is 73.1 Å². The largest absolute Gasteiger partial charge is 0.494 e. The number of ether oxygens (including phenoxy) is 1. The van der Waals surface area contributed by atoms with Crippen molar-refractivity contribution in [2.75, 3.05) is 13.2 Å². The van der Waals surface area contributed by atoms with Crippen LogP contribution in [0.1, 0.15) is 48.4 Å². The van der Waals surface area contributed by atoms with Crippen LogP contribution in [-0.2, 0) is 23.9 Å². The molecular formula is C29H32Cl2F3NO3. The van der Waals surface area contributed by atoms with Crippen molar-refractivity contribution in [1.29, 1.82) is 0 Å². The summed E-state index contributed by atoms with van der Waals surface area (Å²) < 4.78 is 46.2. The highest BCUT2D eigenvalue weighted by atomic mass is 35.5. The van der Waals surface area contributed by atoms with Gasteiger partial charge >= 0.3 is 12.1 Å². The summed E-state index contributed by atoms with van der Waals surface area (Å²) >= 11 is 6.22. The molecule has 3 aromatic carbocycles. The van der Waals surface area contributed by atoms with Gasteiger partial charge < -0.3 is 9.84 Å². The van der Waals surface area contributed by atoms with E-state index in [0.29, 0.717) is 36.4 Å². The number of alkyl halides is 3. The van der Waals surface area contributed by atoms with Crippen LogP contribution in [0.4, 0.5) is 13.2 Å². The fraction of sp³-hybridized carbons (Fsp3) is 0.345. The van der Waals surface area contributed by atoms with Crippen molar-refractivity contribution in [3.05, 3.63) is 100 Å². The summed E-state index contributed by atoms with van der Waals surface area (Å²) in [5.41, 5.74) is 1.38. The maximum Gasteiger partial charge on any atom is 0.417 e. The van der Waals surface area contributed by atoms with Crippen molar-refractivity contribution in [2.45, 2.75) is 51.4 Å². The van der Waals surface area contributed by atoms with Gasteiger partial charge in [-0.05, 0) is 54.2 Å². The van der Waals surface area contributed by atoms with Crippen LogP contribution in [0.3, 0.4) is 0 Å². The third-order valence-electron chi connectivity index (χ3n) is 6.32. The van der Waals surface area contributed by atoms with E-state index in [1.54, 1.807) is 30.3 Å². The second kappa shape index (κ2) is 14.4. The Bertz CT molecular complexity index is 1180. The lowest BCUT2D eigenvalue weighted by molar-refractivity contribution is -0.138. The van der Waals surface area contributed by atoms with Gasteiger partial charge in [0.25, 0.3) is 0 Å². The van der Waals surface area contributed by atoms with Crippen molar-refractivity contribution >= 4 is 30.0 Å². The maximum absolute atomic E-state index is 13.4. The first-order valence-electron chi connectivity index (χ1n) is 12.1. The summed E-state index contributed by atoms with van der Waals surface area (Å²) in [5.74, 6) is -0.194. The first kappa shape index (κ1) is 31.5. The van der Waals surface area contributed by atoms with E-state index in [2.05, 4.69) is 11.8 Å². The minimum absolute atomic E-state index is 0. The van der Waals surface area contributed by atoms with Gasteiger partial charge in [-0.2, -0.15) is 13.2 Å². The quantitative estimate of drug-likeness (QED) is 0.241. The molecule has 9 heteroatoms. The lowest BCUT2D eigenvalue weighted by atomic mass is 9.99. The predicted octanol–water partition coefficient (Wildman–Crippen LogP) is 7.87.